The topological polar surface area (TPSA) is 107 Å². The highest BCUT2D eigenvalue weighted by Crippen LogP contribution is 2.39. The molecule has 0 saturated carbocycles. The lowest BCUT2D eigenvalue weighted by Crippen LogP contribution is -2.64. The fourth-order valence-electron chi connectivity index (χ4n) is 4.23. The molecule has 0 bridgehead atoms. The van der Waals surface area contributed by atoms with Crippen molar-refractivity contribution in [2.45, 2.75) is 32.2 Å². The first kappa shape index (κ1) is 20.6. The molecule has 2 atom stereocenters. The van der Waals surface area contributed by atoms with Crippen molar-refractivity contribution < 1.29 is 23.1 Å². The molecule has 154 valence electrons. The number of sulfonamides is 1. The summed E-state index contributed by atoms with van der Waals surface area (Å²) in [5.74, 6) is -1.15. The van der Waals surface area contributed by atoms with Crippen molar-refractivity contribution in [1.82, 2.24) is 10.2 Å². The Kier molecular flexibility index (Phi) is 5.67. The molecule has 2 aliphatic heterocycles. The minimum Gasteiger partial charge on any atom is -0.481 e. The second-order valence-corrected chi connectivity index (χ2v) is 9.68. The van der Waals surface area contributed by atoms with Crippen LogP contribution in [-0.4, -0.2) is 68.8 Å². The van der Waals surface area contributed by atoms with E-state index in [0.717, 1.165) is 29.1 Å². The van der Waals surface area contributed by atoms with Crippen molar-refractivity contribution >= 4 is 27.6 Å². The molecule has 8 nitrogen and oxygen atoms in total. The van der Waals surface area contributed by atoms with Gasteiger partial charge in [0.1, 0.15) is 6.54 Å². The number of carboxylic acids is 1. The van der Waals surface area contributed by atoms with E-state index < -0.39 is 21.4 Å². The third kappa shape index (κ3) is 4.00. The number of benzene rings is 1. The smallest absolute Gasteiger partial charge is 0.311 e. The van der Waals surface area contributed by atoms with E-state index in [1.807, 2.05) is 13.0 Å². The highest BCUT2D eigenvalue weighted by Gasteiger charge is 2.50. The SMILES string of the molecule is Cc1cccc(N(CC(=O)N2CC[C@@]3(C(=O)O)CCCN[C@@H]3C2)S(C)(=O)=O)c1. The lowest BCUT2D eigenvalue weighted by Gasteiger charge is -2.48. The lowest BCUT2D eigenvalue weighted by molar-refractivity contribution is -0.159. The Bertz CT molecular complexity index is 872. The molecule has 2 heterocycles. The third-order valence-electron chi connectivity index (χ3n) is 5.84. The number of aliphatic carboxylic acids is 1. The molecule has 0 unspecified atom stereocenters. The summed E-state index contributed by atoms with van der Waals surface area (Å²) in [5, 5.41) is 13.0. The molecule has 3 rings (SSSR count). The van der Waals surface area contributed by atoms with Gasteiger partial charge in [0.2, 0.25) is 15.9 Å². The molecule has 2 fully saturated rings. The Labute approximate surface area is 165 Å². The lowest BCUT2D eigenvalue weighted by atomic mass is 9.69. The molecule has 1 aromatic carbocycles. The van der Waals surface area contributed by atoms with Crippen LogP contribution in [0.4, 0.5) is 5.69 Å². The zero-order valence-corrected chi connectivity index (χ0v) is 17.0. The van der Waals surface area contributed by atoms with Gasteiger partial charge in [0, 0.05) is 19.1 Å². The molecule has 28 heavy (non-hydrogen) atoms. The number of nitrogens with zero attached hydrogens (tertiary/aromatic N) is 2. The molecule has 2 aliphatic rings. The Morgan fingerprint density at radius 2 is 2.11 bits per heavy atom. The Hall–Kier alpha value is -2.13. The summed E-state index contributed by atoms with van der Waals surface area (Å²) < 4.78 is 25.7. The first-order valence-corrected chi connectivity index (χ1v) is 11.3. The molecule has 2 N–H and O–H groups in total. The molecule has 0 spiro atoms. The van der Waals surface area contributed by atoms with Crippen LogP contribution >= 0.6 is 0 Å². The Balaban J connectivity index is 1.77. The minimum absolute atomic E-state index is 0.274. The number of carbonyl (C=O) groups is 2. The largest absolute Gasteiger partial charge is 0.481 e. The highest BCUT2D eigenvalue weighted by atomic mass is 32.2. The van der Waals surface area contributed by atoms with Gasteiger partial charge in [-0.25, -0.2) is 8.42 Å². The van der Waals surface area contributed by atoms with Gasteiger partial charge in [-0.2, -0.15) is 0 Å². The van der Waals surface area contributed by atoms with Gasteiger partial charge < -0.3 is 15.3 Å². The molecule has 0 aromatic heterocycles. The maximum absolute atomic E-state index is 12.9. The summed E-state index contributed by atoms with van der Waals surface area (Å²) in [6.07, 6.45) is 2.85. The first-order chi connectivity index (χ1) is 13.1. The van der Waals surface area contributed by atoms with Crippen molar-refractivity contribution in [2.75, 3.05) is 36.7 Å². The van der Waals surface area contributed by atoms with E-state index >= 15 is 0 Å². The van der Waals surface area contributed by atoms with Crippen LogP contribution in [0.5, 0.6) is 0 Å². The van der Waals surface area contributed by atoms with Gasteiger partial charge in [-0.3, -0.25) is 13.9 Å². The summed E-state index contributed by atoms with van der Waals surface area (Å²) in [6, 6.07) is 6.68. The van der Waals surface area contributed by atoms with E-state index in [1.165, 1.54) is 0 Å². The van der Waals surface area contributed by atoms with Crippen LogP contribution in [-0.2, 0) is 19.6 Å². The summed E-state index contributed by atoms with van der Waals surface area (Å²) >= 11 is 0. The maximum Gasteiger partial charge on any atom is 0.311 e. The number of amides is 1. The number of piperidine rings is 2. The molecule has 9 heteroatoms. The van der Waals surface area contributed by atoms with Crippen molar-refractivity contribution in [1.29, 1.82) is 0 Å². The van der Waals surface area contributed by atoms with E-state index in [1.54, 1.807) is 23.1 Å². The predicted octanol–water partition coefficient (Wildman–Crippen LogP) is 0.816. The van der Waals surface area contributed by atoms with E-state index in [4.69, 9.17) is 0 Å². The number of carbonyl (C=O) groups excluding carboxylic acids is 1. The highest BCUT2D eigenvalue weighted by molar-refractivity contribution is 7.92. The number of hydrogen-bond acceptors (Lipinski definition) is 5. The zero-order chi connectivity index (χ0) is 20.5. The fourth-order valence-corrected chi connectivity index (χ4v) is 5.07. The zero-order valence-electron chi connectivity index (χ0n) is 16.2. The summed E-state index contributed by atoms with van der Waals surface area (Å²) in [5.41, 5.74) is 0.500. The molecular formula is C19H27N3O5S. The summed E-state index contributed by atoms with van der Waals surface area (Å²) in [6.45, 7) is 2.87. The standard InChI is InChI=1S/C19H27N3O5S/c1-14-5-3-6-15(11-14)22(28(2,26)27)13-17(23)21-10-8-19(18(24)25)7-4-9-20-16(19)12-21/h3,5-6,11,16,20H,4,7-10,12-13H2,1-2H3,(H,24,25)/t16-,19+/m1/s1. The fraction of sp³-hybridized carbons (Fsp3) is 0.579. The van der Waals surface area contributed by atoms with Gasteiger partial charge in [0.05, 0.1) is 17.4 Å². The first-order valence-electron chi connectivity index (χ1n) is 9.42. The minimum atomic E-state index is -3.64. The monoisotopic (exact) mass is 409 g/mol. The molecule has 2 saturated heterocycles. The van der Waals surface area contributed by atoms with Crippen LogP contribution in [0.15, 0.2) is 24.3 Å². The summed E-state index contributed by atoms with van der Waals surface area (Å²) in [4.78, 5) is 26.4. The van der Waals surface area contributed by atoms with Gasteiger partial charge >= 0.3 is 5.97 Å². The number of likely N-dealkylation sites (tertiary alicyclic amines) is 1. The molecule has 1 aromatic rings. The summed E-state index contributed by atoms with van der Waals surface area (Å²) in [7, 11) is -3.64. The quantitative estimate of drug-likeness (QED) is 0.746. The second kappa shape index (κ2) is 7.71. The number of nitrogens with one attached hydrogen (secondary N) is 1. The van der Waals surface area contributed by atoms with Gasteiger partial charge in [0.15, 0.2) is 0 Å². The number of anilines is 1. The van der Waals surface area contributed by atoms with Crippen molar-refractivity contribution in [3.05, 3.63) is 29.8 Å². The van der Waals surface area contributed by atoms with Crippen LogP contribution < -0.4 is 9.62 Å². The van der Waals surface area contributed by atoms with Crippen LogP contribution in [0.1, 0.15) is 24.8 Å². The average molecular weight is 410 g/mol. The maximum atomic E-state index is 12.9. The van der Waals surface area contributed by atoms with Gasteiger partial charge in [-0.15, -0.1) is 0 Å². The van der Waals surface area contributed by atoms with Crippen LogP contribution in [0.25, 0.3) is 0 Å². The molecule has 0 aliphatic carbocycles. The van der Waals surface area contributed by atoms with Crippen molar-refractivity contribution in [2.24, 2.45) is 5.41 Å². The van der Waals surface area contributed by atoms with E-state index in [-0.39, 0.29) is 25.0 Å². The van der Waals surface area contributed by atoms with Gasteiger partial charge in [-0.05, 0) is 50.4 Å². The van der Waals surface area contributed by atoms with Crippen LogP contribution in [0.2, 0.25) is 0 Å². The second-order valence-electron chi connectivity index (χ2n) is 7.77. The Morgan fingerprint density at radius 1 is 1.36 bits per heavy atom. The number of hydrogen-bond donors (Lipinski definition) is 2. The van der Waals surface area contributed by atoms with Crippen molar-refractivity contribution in [3.8, 4) is 0 Å². The number of rotatable bonds is 5. The van der Waals surface area contributed by atoms with Crippen molar-refractivity contribution in [3.63, 3.8) is 0 Å². The van der Waals surface area contributed by atoms with Crippen LogP contribution in [0.3, 0.4) is 0 Å². The molecule has 0 radical (unpaired) electrons. The predicted molar refractivity (Wildman–Crippen MR) is 106 cm³/mol. The number of carboxylic acid groups (broad SMARTS) is 1. The molecule has 1 amide bonds. The van der Waals surface area contributed by atoms with E-state index in [0.29, 0.717) is 25.1 Å². The van der Waals surface area contributed by atoms with Gasteiger partial charge in [-0.1, -0.05) is 12.1 Å². The van der Waals surface area contributed by atoms with E-state index in [2.05, 4.69) is 5.32 Å². The normalized spacial score (nSPS) is 25.1. The Morgan fingerprint density at radius 3 is 2.75 bits per heavy atom. The van der Waals surface area contributed by atoms with E-state index in [9.17, 15) is 23.1 Å². The average Bonchev–Trinajstić information content (AvgIpc) is 2.64. The number of fused-ring (bicyclic) bond motifs is 1. The molecular weight excluding hydrogens is 382 g/mol. The van der Waals surface area contributed by atoms with Gasteiger partial charge in [0.25, 0.3) is 0 Å². The number of aryl methyl sites for hydroxylation is 1. The van der Waals surface area contributed by atoms with Crippen LogP contribution in [0, 0.1) is 12.3 Å². The third-order valence-corrected chi connectivity index (χ3v) is 6.98.